The quantitative estimate of drug-likeness (QED) is 0.737. The summed E-state index contributed by atoms with van der Waals surface area (Å²) in [6, 6.07) is 3.65. The third-order valence-electron chi connectivity index (χ3n) is 4.65. The van der Waals surface area contributed by atoms with Crippen LogP contribution >= 0.6 is 11.3 Å². The number of hydrogen-bond acceptors (Lipinski definition) is 8. The van der Waals surface area contributed by atoms with Crippen molar-refractivity contribution in [3.63, 3.8) is 0 Å². The van der Waals surface area contributed by atoms with Gasteiger partial charge in [0.25, 0.3) is 0 Å². The fourth-order valence-corrected chi connectivity index (χ4v) is 3.85. The number of aliphatic hydroxyl groups is 1. The average Bonchev–Trinajstić information content (AvgIpc) is 3.32. The van der Waals surface area contributed by atoms with E-state index >= 15 is 0 Å². The lowest BCUT2D eigenvalue weighted by Gasteiger charge is -2.32. The van der Waals surface area contributed by atoms with Crippen molar-refractivity contribution in [3.05, 3.63) is 34.5 Å². The Labute approximate surface area is 149 Å². The summed E-state index contributed by atoms with van der Waals surface area (Å²) in [7, 11) is 1.60. The maximum atomic E-state index is 10.3. The van der Waals surface area contributed by atoms with Gasteiger partial charge < -0.3 is 14.7 Å². The Morgan fingerprint density at radius 3 is 2.88 bits per heavy atom. The van der Waals surface area contributed by atoms with Crippen molar-refractivity contribution in [1.29, 1.82) is 0 Å². The minimum absolute atomic E-state index is 0.308. The van der Waals surface area contributed by atoms with Crippen molar-refractivity contribution in [2.75, 3.05) is 26.7 Å². The Kier molecular flexibility index (Phi) is 4.60. The molecule has 132 valence electrons. The van der Waals surface area contributed by atoms with Crippen molar-refractivity contribution in [3.8, 4) is 5.88 Å². The number of nitrogens with zero attached hydrogens (tertiary/aromatic N) is 6. The summed E-state index contributed by atoms with van der Waals surface area (Å²) in [5.74, 6) is 1.74. The van der Waals surface area contributed by atoms with Crippen LogP contribution in [0.4, 0.5) is 0 Å². The highest BCUT2D eigenvalue weighted by molar-refractivity contribution is 7.07. The molecule has 3 aromatic rings. The Morgan fingerprint density at radius 2 is 2.16 bits per heavy atom. The molecule has 4 heterocycles. The molecular weight excluding hydrogens is 340 g/mol. The minimum Gasteiger partial charge on any atom is -0.480 e. The Balaban J connectivity index is 1.42. The number of methoxy groups -OCH3 is 1. The van der Waals surface area contributed by atoms with Gasteiger partial charge in [0.05, 0.1) is 18.3 Å². The highest BCUT2D eigenvalue weighted by Crippen LogP contribution is 2.28. The normalized spacial score (nSPS) is 17.8. The van der Waals surface area contributed by atoms with Gasteiger partial charge in [-0.3, -0.25) is 0 Å². The van der Waals surface area contributed by atoms with Crippen LogP contribution in [0.15, 0.2) is 23.0 Å². The molecule has 1 aliphatic heterocycles. The minimum atomic E-state index is -0.525. The molecule has 1 N–H and O–H groups in total. The zero-order valence-corrected chi connectivity index (χ0v) is 14.8. The largest absolute Gasteiger partial charge is 0.480 e. The second-order valence-corrected chi connectivity index (χ2v) is 6.93. The van der Waals surface area contributed by atoms with Crippen LogP contribution in [0.1, 0.15) is 36.4 Å². The summed E-state index contributed by atoms with van der Waals surface area (Å²) in [4.78, 5) is 6.46. The average molecular weight is 360 g/mol. The molecule has 0 aliphatic carbocycles. The van der Waals surface area contributed by atoms with Gasteiger partial charge in [-0.25, -0.2) is 4.98 Å². The number of rotatable bonds is 5. The summed E-state index contributed by atoms with van der Waals surface area (Å²) >= 11 is 1.51. The zero-order chi connectivity index (χ0) is 17.2. The van der Waals surface area contributed by atoms with Gasteiger partial charge in [0, 0.05) is 23.9 Å². The molecule has 8 nitrogen and oxygen atoms in total. The Morgan fingerprint density at radius 1 is 1.32 bits per heavy atom. The molecule has 25 heavy (non-hydrogen) atoms. The van der Waals surface area contributed by atoms with Gasteiger partial charge in [-0.15, -0.1) is 26.6 Å². The first-order valence-corrected chi connectivity index (χ1v) is 9.23. The molecule has 4 rings (SSSR count). The standard InChI is InChI=1S/C16H20N6O2S/c1-24-15-3-2-14-18-19-16(22(14)20-15)11-4-6-21(7-5-11)8-13(23)12-9-25-10-17-12/h2-3,9-11,13,23H,4-8H2,1H3. The van der Waals surface area contributed by atoms with E-state index in [0.717, 1.165) is 43.1 Å². The van der Waals surface area contributed by atoms with E-state index in [1.807, 2.05) is 11.4 Å². The van der Waals surface area contributed by atoms with E-state index in [-0.39, 0.29) is 0 Å². The number of ether oxygens (including phenoxy) is 1. The fraction of sp³-hybridized carbons (Fsp3) is 0.500. The molecular formula is C16H20N6O2S. The molecule has 1 fully saturated rings. The number of β-amino-alcohol motifs (C(OH)–C–C–N with tert-alkyl or cyclic N) is 1. The lowest BCUT2D eigenvalue weighted by atomic mass is 9.96. The van der Waals surface area contributed by atoms with E-state index in [1.54, 1.807) is 23.2 Å². The molecule has 0 spiro atoms. The van der Waals surface area contributed by atoms with Crippen molar-refractivity contribution < 1.29 is 9.84 Å². The first kappa shape index (κ1) is 16.4. The summed E-state index contributed by atoms with van der Waals surface area (Å²) in [6.45, 7) is 2.43. The molecule has 0 bridgehead atoms. The number of thiazole rings is 1. The van der Waals surface area contributed by atoms with Gasteiger partial charge >= 0.3 is 0 Å². The third-order valence-corrected chi connectivity index (χ3v) is 5.25. The molecule has 9 heteroatoms. The number of aliphatic hydroxyl groups excluding tert-OH is 1. The van der Waals surface area contributed by atoms with E-state index in [9.17, 15) is 5.11 Å². The maximum Gasteiger partial charge on any atom is 0.231 e. The zero-order valence-electron chi connectivity index (χ0n) is 13.9. The van der Waals surface area contributed by atoms with Crippen LogP contribution in [-0.2, 0) is 0 Å². The molecule has 3 aromatic heterocycles. The summed E-state index contributed by atoms with van der Waals surface area (Å²) in [6.07, 6.45) is 1.40. The van der Waals surface area contributed by atoms with E-state index in [2.05, 4.69) is 25.2 Å². The van der Waals surface area contributed by atoms with Crippen molar-refractivity contribution >= 4 is 17.0 Å². The first-order valence-electron chi connectivity index (χ1n) is 8.29. The molecule has 1 atom stereocenters. The molecule has 0 amide bonds. The fourth-order valence-electron chi connectivity index (χ4n) is 3.25. The molecule has 0 radical (unpaired) electrons. The van der Waals surface area contributed by atoms with Gasteiger partial charge in [-0.05, 0) is 32.0 Å². The molecule has 1 unspecified atom stereocenters. The van der Waals surface area contributed by atoms with Crippen LogP contribution < -0.4 is 4.74 Å². The van der Waals surface area contributed by atoms with Crippen molar-refractivity contribution in [2.45, 2.75) is 24.9 Å². The van der Waals surface area contributed by atoms with Crippen LogP contribution in [0.3, 0.4) is 0 Å². The summed E-state index contributed by atoms with van der Waals surface area (Å²) < 4.78 is 6.98. The SMILES string of the molecule is COc1ccc2nnc(C3CCN(CC(O)c4cscn4)CC3)n2n1. The molecule has 1 saturated heterocycles. The van der Waals surface area contributed by atoms with Crippen molar-refractivity contribution in [1.82, 2.24) is 29.7 Å². The second-order valence-electron chi connectivity index (χ2n) is 6.21. The molecule has 1 aliphatic rings. The highest BCUT2D eigenvalue weighted by atomic mass is 32.1. The Bertz CT molecular complexity index is 828. The number of fused-ring (bicyclic) bond motifs is 1. The maximum absolute atomic E-state index is 10.3. The van der Waals surface area contributed by atoms with Gasteiger partial charge in [-0.2, -0.15) is 4.52 Å². The first-order chi connectivity index (χ1) is 12.2. The molecule has 0 aromatic carbocycles. The van der Waals surface area contributed by atoms with E-state index in [1.165, 1.54) is 11.3 Å². The Hall–Kier alpha value is -2.10. The predicted octanol–water partition coefficient (Wildman–Crippen LogP) is 1.50. The van der Waals surface area contributed by atoms with Gasteiger partial charge in [-0.1, -0.05) is 0 Å². The van der Waals surface area contributed by atoms with Gasteiger partial charge in [0.15, 0.2) is 11.5 Å². The van der Waals surface area contributed by atoms with Crippen LogP contribution in [0.2, 0.25) is 0 Å². The van der Waals surface area contributed by atoms with Crippen LogP contribution in [0, 0.1) is 0 Å². The lowest BCUT2D eigenvalue weighted by Crippen LogP contribution is -2.36. The van der Waals surface area contributed by atoms with Gasteiger partial charge in [0.1, 0.15) is 6.10 Å². The van der Waals surface area contributed by atoms with E-state index < -0.39 is 6.10 Å². The predicted molar refractivity (Wildman–Crippen MR) is 92.8 cm³/mol. The van der Waals surface area contributed by atoms with Crippen LogP contribution in [-0.4, -0.2) is 61.5 Å². The lowest BCUT2D eigenvalue weighted by molar-refractivity contribution is 0.0940. The van der Waals surface area contributed by atoms with Crippen LogP contribution in [0.25, 0.3) is 5.65 Å². The number of aromatic nitrogens is 5. The second kappa shape index (κ2) is 7.03. The number of likely N-dealkylation sites (tertiary alicyclic amines) is 1. The monoisotopic (exact) mass is 360 g/mol. The highest BCUT2D eigenvalue weighted by Gasteiger charge is 2.26. The summed E-state index contributed by atoms with van der Waals surface area (Å²) in [5.41, 5.74) is 3.24. The van der Waals surface area contributed by atoms with E-state index in [4.69, 9.17) is 4.74 Å². The number of hydrogen-bond donors (Lipinski definition) is 1. The van der Waals surface area contributed by atoms with E-state index in [0.29, 0.717) is 18.3 Å². The van der Waals surface area contributed by atoms with Crippen LogP contribution in [0.5, 0.6) is 5.88 Å². The number of piperidine rings is 1. The third kappa shape index (κ3) is 3.35. The van der Waals surface area contributed by atoms with Crippen molar-refractivity contribution in [2.24, 2.45) is 0 Å². The topological polar surface area (TPSA) is 88.7 Å². The van der Waals surface area contributed by atoms with Gasteiger partial charge in [0.2, 0.25) is 5.88 Å². The molecule has 0 saturated carbocycles. The smallest absolute Gasteiger partial charge is 0.231 e. The summed E-state index contributed by atoms with van der Waals surface area (Å²) in [5, 5.41) is 25.1.